The molecule has 156 valence electrons. The zero-order valence-electron chi connectivity index (χ0n) is 16.9. The number of aromatic nitrogens is 3. The highest BCUT2D eigenvalue weighted by atomic mass is 32.2. The third kappa shape index (κ3) is 4.79. The maximum absolute atomic E-state index is 12.4. The number of nitrogens with one attached hydrogen (secondary N) is 1. The predicted octanol–water partition coefficient (Wildman–Crippen LogP) is 4.26. The van der Waals surface area contributed by atoms with E-state index in [0.717, 1.165) is 27.9 Å². The minimum atomic E-state index is -0.151. The number of thioether (sulfide) groups is 1. The Labute approximate surface area is 183 Å². The molecule has 2 aromatic heterocycles. The first kappa shape index (κ1) is 20.7. The van der Waals surface area contributed by atoms with Gasteiger partial charge in [0.1, 0.15) is 16.1 Å². The SMILES string of the molecule is CC(=O)c1cccc(NC(=O)CSc2ncnc3nc(N4CCC[C@H](C)C4)sc23)c1. The fraction of sp³-hybridized carbons (Fsp3) is 0.381. The van der Waals surface area contributed by atoms with E-state index in [2.05, 4.69) is 27.1 Å². The summed E-state index contributed by atoms with van der Waals surface area (Å²) in [5, 5.41) is 4.58. The summed E-state index contributed by atoms with van der Waals surface area (Å²) in [6.07, 6.45) is 3.93. The molecular weight excluding hydrogens is 418 g/mol. The lowest BCUT2D eigenvalue weighted by Gasteiger charge is -2.30. The highest BCUT2D eigenvalue weighted by Crippen LogP contribution is 2.35. The smallest absolute Gasteiger partial charge is 0.234 e. The van der Waals surface area contributed by atoms with E-state index in [1.54, 1.807) is 35.6 Å². The zero-order valence-corrected chi connectivity index (χ0v) is 18.6. The summed E-state index contributed by atoms with van der Waals surface area (Å²) in [6, 6.07) is 6.94. The van der Waals surface area contributed by atoms with Crippen LogP contribution in [0.15, 0.2) is 35.6 Å². The number of anilines is 2. The van der Waals surface area contributed by atoms with Crippen molar-refractivity contribution in [3.63, 3.8) is 0 Å². The molecule has 0 unspecified atom stereocenters. The van der Waals surface area contributed by atoms with E-state index in [4.69, 9.17) is 4.98 Å². The Morgan fingerprint density at radius 2 is 2.20 bits per heavy atom. The molecule has 4 rings (SSSR count). The van der Waals surface area contributed by atoms with Crippen LogP contribution in [0.25, 0.3) is 10.3 Å². The van der Waals surface area contributed by atoms with Crippen molar-refractivity contribution in [1.82, 2.24) is 15.0 Å². The predicted molar refractivity (Wildman–Crippen MR) is 122 cm³/mol. The average molecular weight is 442 g/mol. The summed E-state index contributed by atoms with van der Waals surface area (Å²) in [7, 11) is 0. The van der Waals surface area contributed by atoms with Crippen LogP contribution in [0.3, 0.4) is 0 Å². The number of benzene rings is 1. The fourth-order valence-electron chi connectivity index (χ4n) is 3.47. The van der Waals surface area contributed by atoms with E-state index in [1.165, 1.54) is 37.9 Å². The highest BCUT2D eigenvalue weighted by molar-refractivity contribution is 8.00. The molecule has 0 spiro atoms. The summed E-state index contributed by atoms with van der Waals surface area (Å²) in [4.78, 5) is 39.6. The van der Waals surface area contributed by atoms with Crippen LogP contribution in [0.5, 0.6) is 0 Å². The van der Waals surface area contributed by atoms with Crippen molar-refractivity contribution in [2.45, 2.75) is 31.7 Å². The highest BCUT2D eigenvalue weighted by Gasteiger charge is 2.21. The lowest BCUT2D eigenvalue weighted by atomic mass is 10.0. The van der Waals surface area contributed by atoms with Crippen LogP contribution < -0.4 is 10.2 Å². The van der Waals surface area contributed by atoms with Crippen LogP contribution in [0, 0.1) is 5.92 Å². The molecule has 1 atom stereocenters. The van der Waals surface area contributed by atoms with Gasteiger partial charge in [-0.15, -0.1) is 0 Å². The van der Waals surface area contributed by atoms with Gasteiger partial charge in [0.2, 0.25) is 5.91 Å². The average Bonchev–Trinajstić information content (AvgIpc) is 3.17. The van der Waals surface area contributed by atoms with Gasteiger partial charge < -0.3 is 10.2 Å². The summed E-state index contributed by atoms with van der Waals surface area (Å²) in [5.74, 6) is 0.690. The normalized spacial score (nSPS) is 16.6. The molecule has 0 saturated carbocycles. The summed E-state index contributed by atoms with van der Waals surface area (Å²) in [5.41, 5.74) is 1.86. The van der Waals surface area contributed by atoms with Crippen molar-refractivity contribution in [3.8, 4) is 0 Å². The van der Waals surface area contributed by atoms with Gasteiger partial charge in [-0.05, 0) is 37.8 Å². The number of piperidine rings is 1. The number of carbonyl (C=O) groups is 2. The third-order valence-electron chi connectivity index (χ3n) is 4.97. The van der Waals surface area contributed by atoms with E-state index in [1.807, 2.05) is 0 Å². The number of amides is 1. The maximum atomic E-state index is 12.4. The first-order valence-electron chi connectivity index (χ1n) is 9.89. The molecule has 9 heteroatoms. The molecule has 3 heterocycles. The Morgan fingerprint density at radius 1 is 1.33 bits per heavy atom. The molecule has 1 aliphatic rings. The number of thiazole rings is 1. The van der Waals surface area contributed by atoms with Gasteiger partial charge in [-0.3, -0.25) is 9.59 Å². The van der Waals surface area contributed by atoms with E-state index in [-0.39, 0.29) is 17.4 Å². The van der Waals surface area contributed by atoms with Crippen molar-refractivity contribution in [2.24, 2.45) is 5.92 Å². The molecule has 1 saturated heterocycles. The molecule has 7 nitrogen and oxygen atoms in total. The summed E-state index contributed by atoms with van der Waals surface area (Å²) >= 11 is 2.96. The van der Waals surface area contributed by atoms with Crippen LogP contribution in [0.4, 0.5) is 10.8 Å². The Bertz CT molecular complexity index is 1080. The minimum Gasteiger partial charge on any atom is -0.348 e. The van der Waals surface area contributed by atoms with Crippen LogP contribution in [0.2, 0.25) is 0 Å². The molecule has 1 aromatic carbocycles. The van der Waals surface area contributed by atoms with E-state index in [9.17, 15) is 9.59 Å². The number of Topliss-reactive ketones (excluding diaryl/α,β-unsaturated/α-hetero) is 1. The standard InChI is InChI=1S/C21H23N5O2S2/c1-13-5-4-8-26(10-13)21-25-19-18(30-21)20(23-12-22-19)29-11-17(28)24-16-7-3-6-15(9-16)14(2)27/h3,6-7,9,12-13H,4-5,8,10-11H2,1-2H3,(H,24,28)/t13-/m0/s1. The van der Waals surface area contributed by atoms with Gasteiger partial charge in [0.25, 0.3) is 0 Å². The second-order valence-electron chi connectivity index (χ2n) is 7.50. The largest absolute Gasteiger partial charge is 0.348 e. The molecule has 1 fully saturated rings. The van der Waals surface area contributed by atoms with Gasteiger partial charge in [0.05, 0.1) is 5.75 Å². The first-order chi connectivity index (χ1) is 14.5. The van der Waals surface area contributed by atoms with Gasteiger partial charge in [-0.25, -0.2) is 9.97 Å². The Balaban J connectivity index is 1.44. The molecule has 1 N–H and O–H groups in total. The third-order valence-corrected chi connectivity index (χ3v) is 7.20. The van der Waals surface area contributed by atoms with Crippen LogP contribution in [-0.2, 0) is 4.79 Å². The van der Waals surface area contributed by atoms with Gasteiger partial charge >= 0.3 is 0 Å². The summed E-state index contributed by atoms with van der Waals surface area (Å²) < 4.78 is 0.919. The number of carbonyl (C=O) groups excluding carboxylic acids is 2. The fourth-order valence-corrected chi connectivity index (χ4v) is 5.40. The number of fused-ring (bicyclic) bond motifs is 1. The van der Waals surface area contributed by atoms with Crippen molar-refractivity contribution in [3.05, 3.63) is 36.2 Å². The lowest BCUT2D eigenvalue weighted by Crippen LogP contribution is -2.34. The number of hydrogen-bond acceptors (Lipinski definition) is 8. The molecule has 1 amide bonds. The summed E-state index contributed by atoms with van der Waals surface area (Å²) in [6.45, 7) is 5.80. The maximum Gasteiger partial charge on any atom is 0.234 e. The van der Waals surface area contributed by atoms with Gasteiger partial charge in [-0.1, -0.05) is 42.2 Å². The second kappa shape index (κ2) is 9.09. The van der Waals surface area contributed by atoms with Crippen LogP contribution in [0.1, 0.15) is 37.0 Å². The lowest BCUT2D eigenvalue weighted by molar-refractivity contribution is -0.113. The molecule has 0 radical (unpaired) electrons. The molecule has 1 aliphatic heterocycles. The topological polar surface area (TPSA) is 88.1 Å². The molecule has 0 aliphatic carbocycles. The minimum absolute atomic E-state index is 0.0343. The second-order valence-corrected chi connectivity index (χ2v) is 9.44. The van der Waals surface area contributed by atoms with Crippen LogP contribution in [-0.4, -0.2) is 45.5 Å². The zero-order chi connectivity index (χ0) is 21.1. The number of nitrogens with zero attached hydrogens (tertiary/aromatic N) is 4. The Morgan fingerprint density at radius 3 is 3.00 bits per heavy atom. The first-order valence-corrected chi connectivity index (χ1v) is 11.7. The Hall–Kier alpha value is -2.52. The Kier molecular flexibility index (Phi) is 6.29. The van der Waals surface area contributed by atoms with Crippen molar-refractivity contribution >= 4 is 56.0 Å². The number of rotatable bonds is 6. The van der Waals surface area contributed by atoms with Gasteiger partial charge in [-0.2, -0.15) is 4.98 Å². The molecule has 0 bridgehead atoms. The molecule has 3 aromatic rings. The number of ketones is 1. The van der Waals surface area contributed by atoms with Gasteiger partial charge in [0.15, 0.2) is 16.6 Å². The van der Waals surface area contributed by atoms with E-state index in [0.29, 0.717) is 22.8 Å². The van der Waals surface area contributed by atoms with Crippen molar-refractivity contribution in [1.29, 1.82) is 0 Å². The molecule has 30 heavy (non-hydrogen) atoms. The number of hydrogen-bond donors (Lipinski definition) is 1. The quantitative estimate of drug-likeness (QED) is 0.347. The monoisotopic (exact) mass is 441 g/mol. The van der Waals surface area contributed by atoms with Crippen molar-refractivity contribution in [2.75, 3.05) is 29.1 Å². The van der Waals surface area contributed by atoms with E-state index >= 15 is 0 Å². The molecular formula is C21H23N5O2S2. The van der Waals surface area contributed by atoms with Crippen molar-refractivity contribution < 1.29 is 9.59 Å². The van der Waals surface area contributed by atoms with Gasteiger partial charge in [0, 0.05) is 24.3 Å². The van der Waals surface area contributed by atoms with E-state index < -0.39 is 0 Å². The van der Waals surface area contributed by atoms with Crippen LogP contribution >= 0.6 is 23.1 Å².